The molecule has 0 unspecified atom stereocenters. The number of hydrogen-bond donors (Lipinski definition) is 1. The number of carbonyl (C=O) groups excluding carboxylic acids is 1. The van der Waals surface area contributed by atoms with Gasteiger partial charge in [-0.2, -0.15) is 5.10 Å². The van der Waals surface area contributed by atoms with Crippen LogP contribution in [0, 0.1) is 0 Å². The first-order valence-corrected chi connectivity index (χ1v) is 4.19. The van der Waals surface area contributed by atoms with Crippen LogP contribution in [0.3, 0.4) is 0 Å². The fourth-order valence-corrected chi connectivity index (χ4v) is 1.50. The van der Waals surface area contributed by atoms with Crippen molar-refractivity contribution in [1.29, 1.82) is 0 Å². The normalized spacial score (nSPS) is 10.6. The molecule has 0 spiro atoms. The van der Waals surface area contributed by atoms with Gasteiger partial charge in [-0.15, -0.1) is 0 Å². The van der Waals surface area contributed by atoms with Crippen molar-refractivity contribution in [1.82, 2.24) is 9.61 Å². The summed E-state index contributed by atoms with van der Waals surface area (Å²) in [5.41, 5.74) is 6.40. The monoisotopic (exact) mass is 205 g/mol. The van der Waals surface area contributed by atoms with Crippen LogP contribution in [-0.2, 0) is 0 Å². The molecule has 0 aliphatic carbocycles. The van der Waals surface area contributed by atoms with Gasteiger partial charge in [0.2, 0.25) is 0 Å². The first kappa shape index (κ1) is 9.08. The van der Waals surface area contributed by atoms with Crippen LogP contribution in [0.1, 0.15) is 10.4 Å². The van der Waals surface area contributed by atoms with E-state index >= 15 is 0 Å². The maximum atomic E-state index is 10.9. The van der Waals surface area contributed by atoms with Crippen LogP contribution in [0.2, 0.25) is 5.02 Å². The quantitative estimate of drug-likeness (QED) is 0.660. The van der Waals surface area contributed by atoms with Gasteiger partial charge in [-0.05, 0) is 6.07 Å². The number of primary amides is 1. The number of halogens is 1. The highest BCUT2D eigenvalue weighted by atomic mass is 35.5. The second kappa shape index (κ2) is 3.03. The molecular weight excluding hydrogens is 200 g/mol. The molecule has 0 aliphatic rings. The lowest BCUT2D eigenvalue weighted by Crippen LogP contribution is -2.13. The number of aromatic nitrogens is 2. The van der Waals surface area contributed by atoms with Crippen molar-refractivity contribution in [3.05, 3.63) is 29.0 Å². The zero-order chi connectivity index (χ0) is 10.3. The highest BCUT2D eigenvalue weighted by Crippen LogP contribution is 2.19. The molecule has 2 aromatic rings. The van der Waals surface area contributed by atoms with Crippen LogP contribution in [0.25, 0.3) is 5.52 Å². The summed E-state index contributed by atoms with van der Waals surface area (Å²) >= 11 is 5.93. The molecule has 68 valence electrons. The smallest absolute Gasteiger partial charge is 0.251 e. The van der Waals surface area contributed by atoms with Gasteiger partial charge in [0.25, 0.3) is 5.91 Å². The van der Waals surface area contributed by atoms with Gasteiger partial charge in [0.1, 0.15) is 7.85 Å². The average molecular weight is 205 g/mol. The van der Waals surface area contributed by atoms with Crippen LogP contribution in [0.4, 0.5) is 0 Å². The van der Waals surface area contributed by atoms with E-state index in [1.54, 1.807) is 12.3 Å². The number of fused-ring (bicyclic) bond motifs is 1. The molecule has 0 aromatic carbocycles. The molecule has 0 fully saturated rings. The van der Waals surface area contributed by atoms with E-state index in [4.69, 9.17) is 25.2 Å². The van der Waals surface area contributed by atoms with Gasteiger partial charge in [-0.25, -0.2) is 4.52 Å². The van der Waals surface area contributed by atoms with E-state index in [2.05, 4.69) is 5.10 Å². The van der Waals surface area contributed by atoms with Crippen LogP contribution in [-0.4, -0.2) is 23.4 Å². The lowest BCUT2D eigenvalue weighted by atomic mass is 10.0. The number of amides is 1. The van der Waals surface area contributed by atoms with Crippen molar-refractivity contribution in [2.75, 3.05) is 0 Å². The van der Waals surface area contributed by atoms with Gasteiger partial charge in [0.05, 0.1) is 22.3 Å². The third-order valence-corrected chi connectivity index (χ3v) is 2.26. The average Bonchev–Trinajstić information content (AvgIpc) is 2.46. The van der Waals surface area contributed by atoms with Crippen molar-refractivity contribution < 1.29 is 4.79 Å². The highest BCUT2D eigenvalue weighted by molar-refractivity contribution is 6.38. The van der Waals surface area contributed by atoms with Crippen molar-refractivity contribution in [2.24, 2.45) is 5.73 Å². The van der Waals surface area contributed by atoms with Crippen LogP contribution in [0.15, 0.2) is 18.5 Å². The Morgan fingerprint density at radius 2 is 2.36 bits per heavy atom. The zero-order valence-corrected chi connectivity index (χ0v) is 7.82. The van der Waals surface area contributed by atoms with E-state index in [9.17, 15) is 4.79 Å². The first-order chi connectivity index (χ1) is 6.59. The van der Waals surface area contributed by atoms with Crippen LogP contribution in [0.5, 0.6) is 0 Å². The molecule has 0 saturated carbocycles. The summed E-state index contributed by atoms with van der Waals surface area (Å²) < 4.78 is 1.49. The van der Waals surface area contributed by atoms with E-state index in [-0.39, 0.29) is 10.6 Å². The van der Waals surface area contributed by atoms with Gasteiger partial charge < -0.3 is 5.73 Å². The second-order valence-corrected chi connectivity index (χ2v) is 3.22. The maximum Gasteiger partial charge on any atom is 0.251 e. The Morgan fingerprint density at radius 1 is 1.64 bits per heavy atom. The first-order valence-electron chi connectivity index (χ1n) is 3.82. The lowest BCUT2D eigenvalue weighted by Gasteiger charge is -2.00. The predicted molar refractivity (Wildman–Crippen MR) is 54.1 cm³/mol. The molecule has 14 heavy (non-hydrogen) atoms. The molecule has 2 radical (unpaired) electrons. The summed E-state index contributed by atoms with van der Waals surface area (Å²) in [5, 5.41) is 4.20. The Bertz CT molecular complexity index is 523. The van der Waals surface area contributed by atoms with Crippen LogP contribution < -0.4 is 11.2 Å². The van der Waals surface area contributed by atoms with E-state index in [0.29, 0.717) is 11.0 Å². The molecule has 0 saturated heterocycles. The second-order valence-electron chi connectivity index (χ2n) is 2.84. The molecular formula is C8H5BClN3O. The Balaban J connectivity index is 2.80. The Morgan fingerprint density at radius 3 is 3.00 bits per heavy atom. The minimum absolute atomic E-state index is 0.192. The molecule has 4 nitrogen and oxygen atoms in total. The molecule has 2 heterocycles. The third kappa shape index (κ3) is 1.26. The summed E-state index contributed by atoms with van der Waals surface area (Å²) in [6, 6.07) is 1.63. The van der Waals surface area contributed by atoms with Gasteiger partial charge in [0.15, 0.2) is 0 Å². The number of carbonyl (C=O) groups is 1. The molecule has 0 atom stereocenters. The summed E-state index contributed by atoms with van der Waals surface area (Å²) in [4.78, 5) is 10.9. The van der Waals surface area contributed by atoms with E-state index < -0.39 is 5.91 Å². The number of hydrogen-bond acceptors (Lipinski definition) is 2. The summed E-state index contributed by atoms with van der Waals surface area (Å²) in [6.07, 6.45) is 2.92. The Kier molecular flexibility index (Phi) is 1.96. The SMILES string of the molecule is [B]c1cc2c(Cl)c(C(N)=O)cnn2c1. The standard InChI is InChI=1S/C8H5BClN3O/c9-4-1-6-7(10)5(8(11)14)2-12-13(6)3-4/h1-3H,(H2,11,14). The highest BCUT2D eigenvalue weighted by Gasteiger charge is 2.11. The minimum Gasteiger partial charge on any atom is -0.366 e. The zero-order valence-electron chi connectivity index (χ0n) is 7.07. The lowest BCUT2D eigenvalue weighted by molar-refractivity contribution is 0.1000. The molecule has 0 bridgehead atoms. The van der Waals surface area contributed by atoms with E-state index in [0.717, 1.165) is 0 Å². The number of nitrogens with zero attached hydrogens (tertiary/aromatic N) is 2. The molecule has 2 N–H and O–H groups in total. The van der Waals surface area contributed by atoms with Gasteiger partial charge in [-0.3, -0.25) is 4.79 Å². The van der Waals surface area contributed by atoms with Crippen molar-refractivity contribution in [3.8, 4) is 0 Å². The van der Waals surface area contributed by atoms with Crippen molar-refractivity contribution >= 4 is 36.3 Å². The Labute approximate surface area is 86.1 Å². The molecule has 6 heteroatoms. The minimum atomic E-state index is -0.607. The fraction of sp³-hybridized carbons (Fsp3) is 0. The van der Waals surface area contributed by atoms with Gasteiger partial charge in [-0.1, -0.05) is 17.1 Å². The largest absolute Gasteiger partial charge is 0.366 e. The maximum absolute atomic E-state index is 10.9. The van der Waals surface area contributed by atoms with E-state index in [1.807, 2.05) is 0 Å². The van der Waals surface area contributed by atoms with E-state index in [1.165, 1.54) is 10.7 Å². The molecule has 0 aliphatic heterocycles. The summed E-state index contributed by atoms with van der Waals surface area (Å²) in [6.45, 7) is 0. The predicted octanol–water partition coefficient (Wildman–Crippen LogP) is -0.120. The fourth-order valence-electron chi connectivity index (χ4n) is 1.22. The van der Waals surface area contributed by atoms with Crippen LogP contribution >= 0.6 is 11.6 Å². The third-order valence-electron chi connectivity index (χ3n) is 1.86. The summed E-state index contributed by atoms with van der Waals surface area (Å²) in [5.74, 6) is -0.607. The number of rotatable bonds is 1. The molecule has 2 rings (SSSR count). The Hall–Kier alpha value is -1.49. The van der Waals surface area contributed by atoms with Gasteiger partial charge >= 0.3 is 0 Å². The molecule has 2 aromatic heterocycles. The van der Waals surface area contributed by atoms with Crippen molar-refractivity contribution in [2.45, 2.75) is 0 Å². The van der Waals surface area contributed by atoms with Gasteiger partial charge in [0, 0.05) is 6.20 Å². The molecule has 1 amide bonds. The summed E-state index contributed by atoms with van der Waals surface area (Å²) in [7, 11) is 5.55. The van der Waals surface area contributed by atoms with Crippen molar-refractivity contribution in [3.63, 3.8) is 0 Å². The number of nitrogens with two attached hydrogens (primary N) is 1. The topological polar surface area (TPSA) is 60.4 Å².